The molecular weight excluding hydrogens is 604 g/mol. The Bertz CT molecular complexity index is 1840. The fourth-order valence-electron chi connectivity index (χ4n) is 7.27. The van der Waals surface area contributed by atoms with Crippen molar-refractivity contribution >= 4 is 23.7 Å². The number of rotatable bonds is 9. The summed E-state index contributed by atoms with van der Waals surface area (Å²) in [7, 11) is 1.24. The molecule has 47 heavy (non-hydrogen) atoms. The van der Waals surface area contributed by atoms with Gasteiger partial charge in [-0.15, -0.1) is 0 Å². The van der Waals surface area contributed by atoms with Crippen LogP contribution in [0.5, 0.6) is 0 Å². The molecule has 6 heterocycles. The monoisotopic (exact) mass is 636 g/mol. The number of hydrogen-bond acceptors (Lipinski definition) is 11. The van der Waals surface area contributed by atoms with Crippen LogP contribution in [0.2, 0.25) is 0 Å². The molecule has 2 bridgehead atoms. The van der Waals surface area contributed by atoms with E-state index in [0.717, 1.165) is 0 Å². The van der Waals surface area contributed by atoms with Gasteiger partial charge >= 0.3 is 17.9 Å². The topological polar surface area (TPSA) is 176 Å². The van der Waals surface area contributed by atoms with Gasteiger partial charge in [0.15, 0.2) is 11.2 Å². The molecule has 0 amide bonds. The fraction of sp³-hybridized carbons (Fsp3) is 0.294. The summed E-state index contributed by atoms with van der Waals surface area (Å²) >= 11 is 0. The third kappa shape index (κ3) is 5.53. The number of piperidine rings is 2. The number of carbonyl (C=O) groups excluding carboxylic acids is 2. The molecule has 0 saturated carbocycles. The van der Waals surface area contributed by atoms with Crippen molar-refractivity contribution in [1.29, 1.82) is 0 Å². The van der Waals surface area contributed by atoms with Crippen molar-refractivity contribution in [1.82, 2.24) is 29.7 Å². The number of aromatic nitrogens is 4. The Morgan fingerprint density at radius 1 is 0.787 bits per heavy atom. The third-order valence-electron chi connectivity index (χ3n) is 8.95. The molecular formula is C34H32N6O7. The summed E-state index contributed by atoms with van der Waals surface area (Å²) in [6.45, 7) is 2.08. The van der Waals surface area contributed by atoms with Gasteiger partial charge in [-0.3, -0.25) is 29.4 Å². The Morgan fingerprint density at radius 2 is 1.34 bits per heavy atom. The minimum atomic E-state index is -1.81. The maximum absolute atomic E-state index is 15.1. The number of nitrogens with zero attached hydrogens (tertiary/aromatic N) is 6. The van der Waals surface area contributed by atoms with Crippen LogP contribution in [0.3, 0.4) is 0 Å². The molecule has 4 aromatic rings. The largest absolute Gasteiger partial charge is 0.477 e. The highest BCUT2D eigenvalue weighted by Gasteiger charge is 2.71. The van der Waals surface area contributed by atoms with Gasteiger partial charge in [-0.2, -0.15) is 0 Å². The summed E-state index contributed by atoms with van der Waals surface area (Å²) in [6.07, 6.45) is 3.21. The van der Waals surface area contributed by atoms with E-state index >= 15 is 4.79 Å². The van der Waals surface area contributed by atoms with Crippen LogP contribution in [0.4, 0.5) is 0 Å². The number of carbonyl (C=O) groups is 4. The first kappa shape index (κ1) is 31.6. The highest BCUT2D eigenvalue weighted by molar-refractivity contribution is 6.09. The van der Waals surface area contributed by atoms with Gasteiger partial charge in [0.05, 0.1) is 47.4 Å². The second-order valence-corrected chi connectivity index (χ2v) is 12.0. The number of carboxylic acid groups (broad SMARTS) is 2. The Hall–Kier alpha value is -5.40. The molecule has 13 heteroatoms. The van der Waals surface area contributed by atoms with Crippen molar-refractivity contribution in [2.45, 2.75) is 32.1 Å². The van der Waals surface area contributed by atoms with Crippen LogP contribution in [0, 0.1) is 10.8 Å². The zero-order chi connectivity index (χ0) is 33.3. The van der Waals surface area contributed by atoms with E-state index in [1.807, 2.05) is 21.9 Å². The van der Waals surface area contributed by atoms with Gasteiger partial charge in [0.2, 0.25) is 0 Å². The first-order valence-electron chi connectivity index (χ1n) is 14.9. The van der Waals surface area contributed by atoms with Gasteiger partial charge in [-0.05, 0) is 55.5 Å². The molecule has 2 saturated heterocycles. The van der Waals surface area contributed by atoms with Gasteiger partial charge in [-0.1, -0.05) is 24.3 Å². The van der Waals surface area contributed by atoms with Crippen molar-refractivity contribution < 1.29 is 34.1 Å². The molecule has 4 atom stereocenters. The van der Waals surface area contributed by atoms with Crippen LogP contribution in [0.1, 0.15) is 62.8 Å². The molecule has 4 aromatic heterocycles. The van der Waals surface area contributed by atoms with Crippen LogP contribution in [0.15, 0.2) is 85.2 Å². The lowest BCUT2D eigenvalue weighted by Crippen LogP contribution is -2.73. The number of ether oxygens (including phenoxy) is 1. The third-order valence-corrected chi connectivity index (χ3v) is 8.95. The van der Waals surface area contributed by atoms with Crippen LogP contribution >= 0.6 is 0 Å². The standard InChI is InChI=1S/C34H32N6O7/c1-33-19-39(17-21-9-7-13-25(37-21)29(41)42)20-34(31(33)45,32(46)47-2)28(24-12-4-6-16-36-24)40(27(33)23-11-3-5-15-35-23)18-22-10-8-14-26(38-22)30(43)44/h3-16,27-28H,17-20H2,1-2H3,(H,41,42)(H,43,44). The van der Waals surface area contributed by atoms with Crippen LogP contribution < -0.4 is 0 Å². The zero-order valence-electron chi connectivity index (χ0n) is 25.7. The average Bonchev–Trinajstić information content (AvgIpc) is 3.07. The normalized spacial score (nSPS) is 24.4. The maximum atomic E-state index is 15.1. The zero-order valence-corrected chi connectivity index (χ0v) is 25.7. The number of aromatic carboxylic acids is 2. The summed E-state index contributed by atoms with van der Waals surface area (Å²) in [5, 5.41) is 19.2. The van der Waals surface area contributed by atoms with E-state index in [9.17, 15) is 24.6 Å². The van der Waals surface area contributed by atoms with Crippen LogP contribution in [-0.4, -0.2) is 83.8 Å². The summed E-state index contributed by atoms with van der Waals surface area (Å²) in [4.78, 5) is 74.8. The first-order chi connectivity index (χ1) is 22.6. The predicted octanol–water partition coefficient (Wildman–Crippen LogP) is 3.21. The van der Waals surface area contributed by atoms with Crippen molar-refractivity contribution in [3.63, 3.8) is 0 Å². The van der Waals surface area contributed by atoms with E-state index in [4.69, 9.17) is 4.74 Å². The van der Waals surface area contributed by atoms with E-state index in [1.165, 1.54) is 19.2 Å². The molecule has 4 unspecified atom stereocenters. The van der Waals surface area contributed by atoms with Gasteiger partial charge in [0.1, 0.15) is 11.4 Å². The molecule has 6 rings (SSSR count). The number of methoxy groups -OCH3 is 1. The van der Waals surface area contributed by atoms with E-state index in [-0.39, 0.29) is 43.4 Å². The Balaban J connectivity index is 1.58. The molecule has 13 nitrogen and oxygen atoms in total. The second kappa shape index (κ2) is 12.4. The van der Waals surface area contributed by atoms with Gasteiger partial charge in [0.25, 0.3) is 0 Å². The predicted molar refractivity (Wildman–Crippen MR) is 165 cm³/mol. The van der Waals surface area contributed by atoms with Gasteiger partial charge in [0, 0.05) is 38.6 Å². The molecule has 0 spiro atoms. The van der Waals surface area contributed by atoms with E-state index < -0.39 is 40.8 Å². The van der Waals surface area contributed by atoms with Crippen LogP contribution in [-0.2, 0) is 27.4 Å². The summed E-state index contributed by atoms with van der Waals surface area (Å²) in [6, 6.07) is 18.3. The molecule has 2 aliphatic heterocycles. The second-order valence-electron chi connectivity index (χ2n) is 12.0. The summed E-state index contributed by atoms with van der Waals surface area (Å²) in [5.41, 5.74) is -1.50. The Morgan fingerprint density at radius 3 is 1.85 bits per heavy atom. The molecule has 0 aliphatic carbocycles. The Labute approximate surface area is 269 Å². The maximum Gasteiger partial charge on any atom is 0.354 e. The van der Waals surface area contributed by atoms with Gasteiger partial charge < -0.3 is 14.9 Å². The minimum absolute atomic E-state index is 0.0490. The van der Waals surface area contributed by atoms with Gasteiger partial charge in [-0.25, -0.2) is 19.6 Å². The summed E-state index contributed by atoms with van der Waals surface area (Å²) < 4.78 is 5.43. The number of pyridine rings is 4. The first-order valence-corrected chi connectivity index (χ1v) is 14.9. The molecule has 2 N–H and O–H groups in total. The van der Waals surface area contributed by atoms with Crippen molar-refractivity contribution in [3.8, 4) is 0 Å². The number of carboxylic acids is 2. The molecule has 2 aliphatic rings. The smallest absolute Gasteiger partial charge is 0.354 e. The molecule has 2 fully saturated rings. The SMILES string of the molecule is COC(=O)C12CN(Cc3cccc(C(=O)O)n3)CC(C)(C1=O)C(c1ccccn1)N(Cc1cccc(C(=O)O)n1)C2c1ccccn1. The number of likely N-dealkylation sites (tertiary alicyclic amines) is 2. The van der Waals surface area contributed by atoms with E-state index in [2.05, 4.69) is 19.9 Å². The molecule has 0 radical (unpaired) electrons. The minimum Gasteiger partial charge on any atom is -0.477 e. The van der Waals surface area contributed by atoms with E-state index in [1.54, 1.807) is 67.8 Å². The quantitative estimate of drug-likeness (QED) is 0.202. The Kier molecular flexibility index (Phi) is 8.34. The lowest BCUT2D eigenvalue weighted by Gasteiger charge is -2.61. The number of Topliss-reactive ketones (excluding diaryl/α,β-unsaturated/α-hetero) is 1. The van der Waals surface area contributed by atoms with Crippen molar-refractivity contribution in [3.05, 3.63) is 119 Å². The average molecular weight is 637 g/mol. The highest BCUT2D eigenvalue weighted by Crippen LogP contribution is 2.60. The summed E-state index contributed by atoms with van der Waals surface area (Å²) in [5.74, 6) is -3.44. The lowest BCUT2D eigenvalue weighted by atomic mass is 9.55. The number of fused-ring (bicyclic) bond motifs is 2. The van der Waals surface area contributed by atoms with Crippen molar-refractivity contribution in [2.24, 2.45) is 10.8 Å². The number of ketones is 1. The number of esters is 1. The fourth-order valence-corrected chi connectivity index (χ4v) is 7.27. The molecule has 240 valence electrons. The van der Waals surface area contributed by atoms with Crippen LogP contribution in [0.25, 0.3) is 0 Å². The van der Waals surface area contributed by atoms with Crippen molar-refractivity contribution in [2.75, 3.05) is 20.2 Å². The molecule has 0 aromatic carbocycles. The number of hydrogen-bond donors (Lipinski definition) is 2. The van der Waals surface area contributed by atoms with E-state index in [0.29, 0.717) is 22.8 Å². The lowest BCUT2D eigenvalue weighted by molar-refractivity contribution is -0.198. The highest BCUT2D eigenvalue weighted by atomic mass is 16.5.